The monoisotopic (exact) mass is 522 g/mol. The minimum atomic E-state index is -2.01. The Morgan fingerprint density at radius 1 is 0.800 bits per heavy atom. The maximum absolute atomic E-state index is 13.6. The summed E-state index contributed by atoms with van der Waals surface area (Å²) in [5, 5.41) is 0.294. The summed E-state index contributed by atoms with van der Waals surface area (Å²) in [6, 6.07) is 0. The van der Waals surface area contributed by atoms with Gasteiger partial charge in [0, 0.05) is 17.8 Å². The SMILES string of the molecule is CC1C(O[Si](C)(C)C(C)(C)C)[C@H]2CCC[C@@H](C)[C@@H]3C(O[Si](C)(C)C(C)(C)C)C(C)[C@H]4[C@H]1C(=O)O[C@@]234. The quantitative estimate of drug-likeness (QED) is 0.281. The van der Waals surface area contributed by atoms with Crippen LogP contribution in [0.5, 0.6) is 0 Å². The highest BCUT2D eigenvalue weighted by molar-refractivity contribution is 6.74. The van der Waals surface area contributed by atoms with Gasteiger partial charge in [-0.2, -0.15) is 0 Å². The van der Waals surface area contributed by atoms with Crippen LogP contribution in [-0.4, -0.2) is 40.4 Å². The molecule has 0 N–H and O–H groups in total. The Morgan fingerprint density at radius 2 is 1.31 bits per heavy atom. The first-order valence-electron chi connectivity index (χ1n) is 14.4. The summed E-state index contributed by atoms with van der Waals surface area (Å²) in [7, 11) is -4.00. The lowest BCUT2D eigenvalue weighted by Crippen LogP contribution is -2.61. The fourth-order valence-electron chi connectivity index (χ4n) is 7.89. The molecule has 1 spiro atoms. The maximum Gasteiger partial charge on any atom is 0.310 e. The van der Waals surface area contributed by atoms with E-state index in [4.69, 9.17) is 13.6 Å². The van der Waals surface area contributed by atoms with Gasteiger partial charge in [-0.15, -0.1) is 0 Å². The summed E-state index contributed by atoms with van der Waals surface area (Å²) in [6.07, 6.45) is 3.72. The molecule has 1 heterocycles. The van der Waals surface area contributed by atoms with Crippen LogP contribution >= 0.6 is 0 Å². The highest BCUT2D eigenvalue weighted by Crippen LogP contribution is 2.69. The summed E-state index contributed by atoms with van der Waals surface area (Å²) in [5.41, 5.74) is -0.427. The zero-order valence-electron chi connectivity index (χ0n) is 25.0. The number of carbonyl (C=O) groups is 1. The second kappa shape index (κ2) is 8.41. The van der Waals surface area contributed by atoms with Crippen LogP contribution in [-0.2, 0) is 18.4 Å². The number of hydrogen-bond acceptors (Lipinski definition) is 4. The van der Waals surface area contributed by atoms with Gasteiger partial charge in [-0.05, 0) is 60.4 Å². The first-order valence-corrected chi connectivity index (χ1v) is 20.2. The summed E-state index contributed by atoms with van der Waals surface area (Å²) >= 11 is 0. The Morgan fingerprint density at radius 3 is 1.83 bits per heavy atom. The minimum absolute atomic E-state index is 0.0468. The average Bonchev–Trinajstić information content (AvgIpc) is 3.00. The topological polar surface area (TPSA) is 44.8 Å². The second-order valence-electron chi connectivity index (χ2n) is 15.8. The van der Waals surface area contributed by atoms with Crippen LogP contribution in [0.4, 0.5) is 0 Å². The largest absolute Gasteiger partial charge is 0.458 e. The van der Waals surface area contributed by atoms with E-state index in [2.05, 4.69) is 88.5 Å². The fraction of sp³-hybridized carbons (Fsp3) is 0.966. The van der Waals surface area contributed by atoms with Gasteiger partial charge in [0.05, 0.1) is 18.1 Å². The third-order valence-corrected chi connectivity index (χ3v) is 20.7. The van der Waals surface area contributed by atoms with E-state index >= 15 is 0 Å². The van der Waals surface area contributed by atoms with Crippen LogP contribution in [0.15, 0.2) is 0 Å². The molecular weight excluding hydrogens is 468 g/mol. The Kier molecular flexibility index (Phi) is 6.69. The van der Waals surface area contributed by atoms with Gasteiger partial charge in [0.15, 0.2) is 16.6 Å². The number of esters is 1. The highest BCUT2D eigenvalue weighted by atomic mass is 28.4. The lowest BCUT2D eigenvalue weighted by atomic mass is 9.57. The van der Waals surface area contributed by atoms with Crippen molar-refractivity contribution in [2.75, 3.05) is 0 Å². The van der Waals surface area contributed by atoms with Gasteiger partial charge in [0.2, 0.25) is 0 Å². The molecule has 4 nitrogen and oxygen atoms in total. The summed E-state index contributed by atoms with van der Waals surface area (Å²) in [6.45, 7) is 30.5. The van der Waals surface area contributed by atoms with E-state index in [1.807, 2.05) is 0 Å². The van der Waals surface area contributed by atoms with E-state index in [9.17, 15) is 4.79 Å². The molecule has 0 aromatic heterocycles. The van der Waals surface area contributed by atoms with Gasteiger partial charge in [0.25, 0.3) is 0 Å². The van der Waals surface area contributed by atoms with Crippen LogP contribution in [0.3, 0.4) is 0 Å². The maximum atomic E-state index is 13.6. The van der Waals surface area contributed by atoms with Gasteiger partial charge in [-0.1, -0.05) is 75.2 Å². The molecule has 3 aliphatic carbocycles. The van der Waals surface area contributed by atoms with E-state index in [1.54, 1.807) is 0 Å². The normalized spacial score (nSPS) is 44.1. The molecule has 3 saturated carbocycles. The van der Waals surface area contributed by atoms with Crippen molar-refractivity contribution in [2.45, 2.75) is 136 Å². The van der Waals surface area contributed by atoms with Crippen molar-refractivity contribution in [3.8, 4) is 0 Å². The predicted molar refractivity (Wildman–Crippen MR) is 148 cm³/mol. The molecule has 35 heavy (non-hydrogen) atoms. The molecule has 4 unspecified atom stereocenters. The van der Waals surface area contributed by atoms with E-state index in [0.717, 1.165) is 6.42 Å². The first kappa shape index (κ1) is 27.8. The van der Waals surface area contributed by atoms with Crippen molar-refractivity contribution >= 4 is 22.6 Å². The van der Waals surface area contributed by atoms with Crippen molar-refractivity contribution < 1.29 is 18.4 Å². The van der Waals surface area contributed by atoms with Gasteiger partial charge in [0.1, 0.15) is 5.60 Å². The number of hydrogen-bond donors (Lipinski definition) is 0. The third kappa shape index (κ3) is 3.98. The standard InChI is InChI=1S/C29H54O4Si2/c1-17-15-14-16-20-24(32-34(10,11)27(4,5)6)18(2)21-23-19(3)25(33-35(12,13)28(7,8)9)22(17)29(20,23)31-26(21)30/h17-25H,14-16H2,1-13H3/t17-,18?,19?,20-,21+,22-,23+,24?,25?,29+/m1/s1. The number of ether oxygens (including phenoxy) is 1. The van der Waals surface area contributed by atoms with Gasteiger partial charge in [-0.3, -0.25) is 4.79 Å². The third-order valence-electron chi connectivity index (χ3n) is 11.7. The van der Waals surface area contributed by atoms with Crippen molar-refractivity contribution in [3.05, 3.63) is 0 Å². The van der Waals surface area contributed by atoms with E-state index in [1.165, 1.54) is 12.8 Å². The lowest BCUT2D eigenvalue weighted by molar-refractivity contribution is -0.171. The molecule has 6 heteroatoms. The Bertz CT molecular complexity index is 841. The number of carbonyl (C=O) groups excluding carboxylic acids is 1. The highest BCUT2D eigenvalue weighted by Gasteiger charge is 2.78. The van der Waals surface area contributed by atoms with E-state index in [0.29, 0.717) is 11.8 Å². The second-order valence-corrected chi connectivity index (χ2v) is 25.3. The van der Waals surface area contributed by atoms with E-state index in [-0.39, 0.29) is 57.8 Å². The first-order chi connectivity index (χ1) is 15.8. The molecule has 4 rings (SSSR count). The van der Waals surface area contributed by atoms with Gasteiger partial charge < -0.3 is 13.6 Å². The molecule has 1 aliphatic heterocycles. The number of rotatable bonds is 4. The minimum Gasteiger partial charge on any atom is -0.458 e. The molecule has 202 valence electrons. The summed E-state index contributed by atoms with van der Waals surface area (Å²) < 4.78 is 21.3. The van der Waals surface area contributed by atoms with Gasteiger partial charge >= 0.3 is 5.97 Å². The molecular formula is C29H54O4Si2. The van der Waals surface area contributed by atoms with Crippen LogP contribution in [0.25, 0.3) is 0 Å². The zero-order valence-corrected chi connectivity index (χ0v) is 27.0. The average molecular weight is 523 g/mol. The Labute approximate surface area is 217 Å². The fourth-order valence-corrected chi connectivity index (χ4v) is 10.7. The Balaban J connectivity index is 1.82. The molecule has 1 saturated heterocycles. The molecule has 0 amide bonds. The predicted octanol–water partition coefficient (Wildman–Crippen LogP) is 7.65. The lowest BCUT2D eigenvalue weighted by Gasteiger charge is -2.53. The van der Waals surface area contributed by atoms with E-state index < -0.39 is 22.2 Å². The molecule has 0 aromatic carbocycles. The summed E-state index contributed by atoms with van der Waals surface area (Å²) in [4.78, 5) is 13.6. The van der Waals surface area contributed by atoms with Crippen LogP contribution < -0.4 is 0 Å². The molecule has 0 aromatic rings. The van der Waals surface area contributed by atoms with Gasteiger partial charge in [-0.25, -0.2) is 0 Å². The van der Waals surface area contributed by atoms with Crippen LogP contribution in [0.2, 0.25) is 36.3 Å². The smallest absolute Gasteiger partial charge is 0.310 e. The molecule has 4 aliphatic rings. The Hall–Kier alpha value is -0.176. The van der Waals surface area contributed by atoms with Crippen molar-refractivity contribution in [1.29, 1.82) is 0 Å². The molecule has 4 fully saturated rings. The van der Waals surface area contributed by atoms with Crippen LogP contribution in [0, 0.1) is 41.4 Å². The van der Waals surface area contributed by atoms with Crippen molar-refractivity contribution in [2.24, 2.45) is 41.4 Å². The molecule has 2 bridgehead atoms. The molecule has 10 atom stereocenters. The van der Waals surface area contributed by atoms with Crippen LogP contribution in [0.1, 0.15) is 81.6 Å². The zero-order chi connectivity index (χ0) is 26.5. The molecule has 0 radical (unpaired) electrons. The van der Waals surface area contributed by atoms with Crippen molar-refractivity contribution in [3.63, 3.8) is 0 Å². The summed E-state index contributed by atoms with van der Waals surface area (Å²) in [5.74, 6) is 1.74. The van der Waals surface area contributed by atoms with Crippen molar-refractivity contribution in [1.82, 2.24) is 0 Å².